The summed E-state index contributed by atoms with van der Waals surface area (Å²) >= 11 is 5.86. The van der Waals surface area contributed by atoms with Gasteiger partial charge in [-0.2, -0.15) is 0 Å². The highest BCUT2D eigenvalue weighted by Crippen LogP contribution is 2.33. The molecule has 0 saturated carbocycles. The van der Waals surface area contributed by atoms with Crippen LogP contribution in [0.4, 0.5) is 5.69 Å². The number of nitro benzene ring substituents is 1. The van der Waals surface area contributed by atoms with Gasteiger partial charge in [0.05, 0.1) is 16.1 Å². The summed E-state index contributed by atoms with van der Waals surface area (Å²) in [7, 11) is 0. The van der Waals surface area contributed by atoms with Gasteiger partial charge in [-0.05, 0) is 12.1 Å². The summed E-state index contributed by atoms with van der Waals surface area (Å²) in [5.41, 5.74) is -0.276. The van der Waals surface area contributed by atoms with Gasteiger partial charge in [-0.1, -0.05) is 11.6 Å². The summed E-state index contributed by atoms with van der Waals surface area (Å²) in [5, 5.41) is 19.6. The van der Waals surface area contributed by atoms with Crippen molar-refractivity contribution in [1.82, 2.24) is 4.98 Å². The Morgan fingerprint density at radius 1 is 1.35 bits per heavy atom. The number of halogens is 1. The van der Waals surface area contributed by atoms with Gasteiger partial charge in [0.2, 0.25) is 0 Å². The maximum atomic E-state index is 11.0. The zero-order valence-corrected chi connectivity index (χ0v) is 10.6. The molecule has 0 spiro atoms. The maximum Gasteiger partial charge on any atom is 0.339 e. The Kier molecular flexibility index (Phi) is 3.81. The lowest BCUT2D eigenvalue weighted by molar-refractivity contribution is -0.384. The molecule has 0 unspecified atom stereocenters. The summed E-state index contributed by atoms with van der Waals surface area (Å²) in [5.74, 6) is -1.08. The Hall–Kier alpha value is -2.67. The van der Waals surface area contributed by atoms with Crippen LogP contribution in [0.15, 0.2) is 36.7 Å². The largest absolute Gasteiger partial charge is 0.478 e. The predicted molar refractivity (Wildman–Crippen MR) is 69.4 cm³/mol. The maximum absolute atomic E-state index is 11.0. The van der Waals surface area contributed by atoms with Gasteiger partial charge in [-0.15, -0.1) is 0 Å². The second kappa shape index (κ2) is 5.54. The first-order valence-electron chi connectivity index (χ1n) is 5.28. The molecular formula is C12H7ClN2O5. The number of pyridine rings is 1. The molecule has 1 aromatic carbocycles. The van der Waals surface area contributed by atoms with E-state index in [0.29, 0.717) is 0 Å². The third-order valence-corrected chi connectivity index (χ3v) is 2.66. The van der Waals surface area contributed by atoms with Crippen molar-refractivity contribution in [2.75, 3.05) is 0 Å². The molecule has 0 aliphatic heterocycles. The summed E-state index contributed by atoms with van der Waals surface area (Å²) in [6, 6.07) is 4.89. The summed E-state index contributed by atoms with van der Waals surface area (Å²) < 4.78 is 5.34. The first-order chi connectivity index (χ1) is 9.49. The fourth-order valence-corrected chi connectivity index (χ4v) is 1.66. The Morgan fingerprint density at radius 3 is 2.70 bits per heavy atom. The summed E-state index contributed by atoms with van der Waals surface area (Å²) in [6.07, 6.45) is 2.54. The second-order valence-electron chi connectivity index (χ2n) is 3.65. The van der Waals surface area contributed by atoms with Crippen molar-refractivity contribution < 1.29 is 19.6 Å². The number of nitrogens with zero attached hydrogens (tertiary/aromatic N) is 2. The average Bonchev–Trinajstić information content (AvgIpc) is 2.41. The molecule has 2 rings (SSSR count). The third-order valence-electron chi connectivity index (χ3n) is 2.36. The van der Waals surface area contributed by atoms with Crippen LogP contribution in [-0.4, -0.2) is 21.0 Å². The first-order valence-corrected chi connectivity index (χ1v) is 5.66. The molecule has 0 amide bonds. The van der Waals surface area contributed by atoms with Gasteiger partial charge >= 0.3 is 5.97 Å². The van der Waals surface area contributed by atoms with E-state index in [2.05, 4.69) is 4.98 Å². The van der Waals surface area contributed by atoms with E-state index in [-0.39, 0.29) is 27.8 Å². The molecule has 20 heavy (non-hydrogen) atoms. The number of hydrogen-bond acceptors (Lipinski definition) is 5. The lowest BCUT2D eigenvalue weighted by Crippen LogP contribution is -2.00. The molecule has 0 aliphatic rings. The van der Waals surface area contributed by atoms with Crippen molar-refractivity contribution in [3.63, 3.8) is 0 Å². The lowest BCUT2D eigenvalue weighted by atomic mass is 10.2. The number of aromatic carboxylic acids is 1. The SMILES string of the molecule is O=C(O)c1ccncc1Oc1ccc([N+](=O)[O-])cc1Cl. The summed E-state index contributed by atoms with van der Waals surface area (Å²) in [6.45, 7) is 0. The van der Waals surface area contributed by atoms with Crippen LogP contribution in [0, 0.1) is 10.1 Å². The number of ether oxygens (including phenoxy) is 1. The van der Waals surface area contributed by atoms with Crippen LogP contribution >= 0.6 is 11.6 Å². The number of rotatable bonds is 4. The molecule has 1 aromatic heterocycles. The number of carbonyl (C=O) groups is 1. The number of benzene rings is 1. The number of carboxylic acids is 1. The van der Waals surface area contributed by atoms with E-state index < -0.39 is 10.9 Å². The molecule has 8 heteroatoms. The van der Waals surface area contributed by atoms with Gasteiger partial charge in [0.15, 0.2) is 5.75 Å². The van der Waals surface area contributed by atoms with Crippen molar-refractivity contribution in [3.05, 3.63) is 57.4 Å². The molecule has 7 nitrogen and oxygen atoms in total. The number of aromatic nitrogens is 1. The Labute approximate surface area is 117 Å². The molecule has 1 heterocycles. The van der Waals surface area contributed by atoms with Crippen molar-refractivity contribution in [2.24, 2.45) is 0 Å². The number of hydrogen-bond donors (Lipinski definition) is 1. The Morgan fingerprint density at radius 2 is 2.10 bits per heavy atom. The topological polar surface area (TPSA) is 103 Å². The quantitative estimate of drug-likeness (QED) is 0.686. The van der Waals surface area contributed by atoms with Crippen LogP contribution in [0.3, 0.4) is 0 Å². The molecule has 0 radical (unpaired) electrons. The molecular weight excluding hydrogens is 288 g/mol. The molecule has 0 fully saturated rings. The minimum Gasteiger partial charge on any atom is -0.478 e. The minimum atomic E-state index is -1.18. The highest BCUT2D eigenvalue weighted by molar-refractivity contribution is 6.32. The highest BCUT2D eigenvalue weighted by atomic mass is 35.5. The van der Waals surface area contributed by atoms with E-state index in [1.807, 2.05) is 0 Å². The van der Waals surface area contributed by atoms with Crippen molar-refractivity contribution in [3.8, 4) is 11.5 Å². The van der Waals surface area contributed by atoms with Gasteiger partial charge < -0.3 is 9.84 Å². The molecule has 102 valence electrons. The van der Waals surface area contributed by atoms with Gasteiger partial charge in [0.25, 0.3) is 5.69 Å². The summed E-state index contributed by atoms with van der Waals surface area (Å²) in [4.78, 5) is 24.8. The van der Waals surface area contributed by atoms with Gasteiger partial charge in [-0.3, -0.25) is 15.1 Å². The molecule has 0 atom stereocenters. The number of carboxylic acid groups (broad SMARTS) is 1. The first kappa shape index (κ1) is 13.8. The molecule has 0 saturated heterocycles. The van der Waals surface area contributed by atoms with Crippen molar-refractivity contribution >= 4 is 23.3 Å². The lowest BCUT2D eigenvalue weighted by Gasteiger charge is -2.09. The van der Waals surface area contributed by atoms with E-state index in [1.165, 1.54) is 30.6 Å². The van der Waals surface area contributed by atoms with Gasteiger partial charge in [-0.25, -0.2) is 4.79 Å². The van der Waals surface area contributed by atoms with Crippen LogP contribution in [0.2, 0.25) is 5.02 Å². The molecule has 0 bridgehead atoms. The smallest absolute Gasteiger partial charge is 0.339 e. The van der Waals surface area contributed by atoms with Crippen molar-refractivity contribution in [1.29, 1.82) is 0 Å². The molecule has 0 aliphatic carbocycles. The third kappa shape index (κ3) is 2.83. The van der Waals surface area contributed by atoms with Crippen LogP contribution in [-0.2, 0) is 0 Å². The van der Waals surface area contributed by atoms with E-state index in [1.54, 1.807) is 0 Å². The van der Waals surface area contributed by atoms with E-state index in [4.69, 9.17) is 21.4 Å². The average molecular weight is 295 g/mol. The van der Waals surface area contributed by atoms with Crippen LogP contribution in [0.5, 0.6) is 11.5 Å². The van der Waals surface area contributed by atoms with Gasteiger partial charge in [0, 0.05) is 18.3 Å². The Bertz CT molecular complexity index is 689. The Balaban J connectivity index is 2.36. The van der Waals surface area contributed by atoms with E-state index in [0.717, 1.165) is 6.07 Å². The van der Waals surface area contributed by atoms with Crippen LogP contribution in [0.1, 0.15) is 10.4 Å². The van der Waals surface area contributed by atoms with E-state index >= 15 is 0 Å². The monoisotopic (exact) mass is 294 g/mol. The van der Waals surface area contributed by atoms with E-state index in [9.17, 15) is 14.9 Å². The number of non-ortho nitro benzene ring substituents is 1. The number of nitro groups is 1. The minimum absolute atomic E-state index is 0.000563. The molecule has 1 N–H and O–H groups in total. The van der Waals surface area contributed by atoms with Crippen molar-refractivity contribution in [2.45, 2.75) is 0 Å². The van der Waals surface area contributed by atoms with Crippen LogP contribution < -0.4 is 4.74 Å². The molecule has 2 aromatic rings. The standard InChI is InChI=1S/C12H7ClN2O5/c13-9-5-7(15(18)19)1-2-10(9)20-11-6-14-4-3-8(11)12(16)17/h1-6H,(H,16,17). The predicted octanol–water partition coefficient (Wildman–Crippen LogP) is 3.13. The van der Waals surface area contributed by atoms with Crippen LogP contribution in [0.25, 0.3) is 0 Å². The normalized spacial score (nSPS) is 10.1. The van der Waals surface area contributed by atoms with Gasteiger partial charge in [0.1, 0.15) is 11.3 Å². The highest BCUT2D eigenvalue weighted by Gasteiger charge is 2.15. The second-order valence-corrected chi connectivity index (χ2v) is 4.06. The fourth-order valence-electron chi connectivity index (χ4n) is 1.44. The zero-order chi connectivity index (χ0) is 14.7. The zero-order valence-electron chi connectivity index (χ0n) is 9.82. The fraction of sp³-hybridized carbons (Fsp3) is 0.